The molecule has 6 heteroatoms. The van der Waals surface area contributed by atoms with Crippen LogP contribution in [-0.2, 0) is 14.8 Å². The molecule has 0 aromatic heterocycles. The van der Waals surface area contributed by atoms with Crippen molar-refractivity contribution in [2.24, 2.45) is 0 Å². The zero-order chi connectivity index (χ0) is 14.3. The first-order chi connectivity index (χ1) is 9.01. The molecule has 0 spiro atoms. The van der Waals surface area contributed by atoms with Crippen molar-refractivity contribution in [3.05, 3.63) is 36.9 Å². The van der Waals surface area contributed by atoms with Crippen LogP contribution in [-0.4, -0.2) is 20.9 Å². The van der Waals surface area contributed by atoms with E-state index < -0.39 is 15.9 Å². The highest BCUT2D eigenvalue weighted by molar-refractivity contribution is 7.89. The molecule has 0 heterocycles. The van der Waals surface area contributed by atoms with E-state index in [2.05, 4.69) is 16.6 Å². The van der Waals surface area contributed by atoms with Gasteiger partial charge in [-0.2, -0.15) is 0 Å². The summed E-state index contributed by atoms with van der Waals surface area (Å²) in [5.74, 6) is -0.448. The van der Waals surface area contributed by atoms with Gasteiger partial charge in [0.1, 0.15) is 4.90 Å². The van der Waals surface area contributed by atoms with E-state index in [9.17, 15) is 13.2 Å². The molecule has 0 unspecified atom stereocenters. The number of hydrogen-bond donors (Lipinski definition) is 2. The fourth-order valence-corrected chi connectivity index (χ4v) is 2.68. The summed E-state index contributed by atoms with van der Waals surface area (Å²) in [6.07, 6.45) is 2.76. The van der Waals surface area contributed by atoms with Crippen molar-refractivity contribution in [3.8, 4) is 0 Å². The summed E-state index contributed by atoms with van der Waals surface area (Å²) in [6.45, 7) is 5.69. The Balaban J connectivity index is 2.98. The van der Waals surface area contributed by atoms with Gasteiger partial charge in [-0.15, -0.1) is 0 Å². The monoisotopic (exact) mass is 282 g/mol. The first-order valence-electron chi connectivity index (χ1n) is 6.03. The summed E-state index contributed by atoms with van der Waals surface area (Å²) < 4.78 is 26.7. The largest absolute Gasteiger partial charge is 0.321 e. The van der Waals surface area contributed by atoms with Crippen molar-refractivity contribution in [2.75, 3.05) is 11.9 Å². The lowest BCUT2D eigenvalue weighted by Crippen LogP contribution is -2.26. The molecule has 5 nitrogen and oxygen atoms in total. The predicted molar refractivity (Wildman–Crippen MR) is 75.4 cm³/mol. The van der Waals surface area contributed by atoms with Gasteiger partial charge in [0.15, 0.2) is 0 Å². The fraction of sp³-hybridized carbons (Fsp3) is 0.308. The van der Waals surface area contributed by atoms with Crippen LogP contribution < -0.4 is 10.0 Å². The third-order valence-electron chi connectivity index (χ3n) is 2.44. The quantitative estimate of drug-likeness (QED) is 0.592. The average Bonchev–Trinajstić information content (AvgIpc) is 2.39. The fourth-order valence-electron chi connectivity index (χ4n) is 1.45. The Morgan fingerprint density at radius 2 is 2.05 bits per heavy atom. The average molecular weight is 282 g/mol. The van der Waals surface area contributed by atoms with Crippen LogP contribution in [0.4, 0.5) is 5.69 Å². The zero-order valence-electron chi connectivity index (χ0n) is 10.8. The SMILES string of the molecule is C=CC(=O)Nc1ccccc1S(=O)(=O)NCCCC. The van der Waals surface area contributed by atoms with Crippen LogP contribution >= 0.6 is 0 Å². The van der Waals surface area contributed by atoms with Gasteiger partial charge in [-0.25, -0.2) is 13.1 Å². The molecule has 0 aliphatic rings. The van der Waals surface area contributed by atoms with Crippen molar-refractivity contribution in [1.29, 1.82) is 0 Å². The number of amides is 1. The normalized spacial score (nSPS) is 11.0. The number of sulfonamides is 1. The summed E-state index contributed by atoms with van der Waals surface area (Å²) >= 11 is 0. The van der Waals surface area contributed by atoms with Crippen molar-refractivity contribution in [2.45, 2.75) is 24.7 Å². The van der Waals surface area contributed by atoms with Gasteiger partial charge in [0.2, 0.25) is 15.9 Å². The summed E-state index contributed by atoms with van der Waals surface area (Å²) in [6, 6.07) is 6.25. The van der Waals surface area contributed by atoms with Crippen LogP contribution in [0.1, 0.15) is 19.8 Å². The van der Waals surface area contributed by atoms with Gasteiger partial charge in [0.05, 0.1) is 5.69 Å². The maximum atomic E-state index is 12.1. The number of anilines is 1. The van der Waals surface area contributed by atoms with Gasteiger partial charge in [0.25, 0.3) is 0 Å². The van der Waals surface area contributed by atoms with E-state index in [1.807, 2.05) is 6.92 Å². The molecule has 19 heavy (non-hydrogen) atoms. The molecule has 0 atom stereocenters. The Morgan fingerprint density at radius 1 is 1.37 bits per heavy atom. The Kier molecular flexibility index (Phi) is 5.72. The van der Waals surface area contributed by atoms with Crippen LogP contribution in [0.2, 0.25) is 0 Å². The summed E-state index contributed by atoms with van der Waals surface area (Å²) in [4.78, 5) is 11.3. The first-order valence-corrected chi connectivity index (χ1v) is 7.51. The number of rotatable bonds is 7. The molecule has 1 aromatic rings. The Morgan fingerprint density at radius 3 is 2.68 bits per heavy atom. The molecule has 0 bridgehead atoms. The number of carbonyl (C=O) groups is 1. The van der Waals surface area contributed by atoms with Crippen LogP contribution in [0.3, 0.4) is 0 Å². The van der Waals surface area contributed by atoms with Crippen LogP contribution in [0.25, 0.3) is 0 Å². The Hall–Kier alpha value is -1.66. The second kappa shape index (κ2) is 7.06. The van der Waals surface area contributed by atoms with Gasteiger partial charge in [-0.1, -0.05) is 32.1 Å². The van der Waals surface area contributed by atoms with Gasteiger partial charge in [-0.3, -0.25) is 4.79 Å². The Bertz CT molecular complexity index is 553. The zero-order valence-corrected chi connectivity index (χ0v) is 11.7. The minimum atomic E-state index is -3.62. The minimum Gasteiger partial charge on any atom is -0.321 e. The minimum absolute atomic E-state index is 0.0568. The molecule has 0 fully saturated rings. The van der Waals surface area contributed by atoms with E-state index in [1.54, 1.807) is 12.1 Å². The van der Waals surface area contributed by atoms with E-state index in [1.165, 1.54) is 12.1 Å². The number of hydrogen-bond acceptors (Lipinski definition) is 3. The van der Waals surface area contributed by atoms with Crippen molar-refractivity contribution >= 4 is 21.6 Å². The Labute approximate surface area is 113 Å². The predicted octanol–water partition coefficient (Wildman–Crippen LogP) is 1.89. The number of carbonyl (C=O) groups excluding carboxylic acids is 1. The summed E-state index contributed by atoms with van der Waals surface area (Å²) in [5, 5.41) is 2.48. The maximum Gasteiger partial charge on any atom is 0.247 e. The molecule has 0 saturated heterocycles. The van der Waals surface area contributed by atoms with E-state index in [4.69, 9.17) is 0 Å². The topological polar surface area (TPSA) is 75.3 Å². The van der Waals surface area contributed by atoms with Crippen LogP contribution in [0.5, 0.6) is 0 Å². The summed E-state index contributed by atoms with van der Waals surface area (Å²) in [7, 11) is -3.62. The van der Waals surface area contributed by atoms with Gasteiger partial charge in [0, 0.05) is 6.54 Å². The van der Waals surface area contributed by atoms with E-state index in [0.29, 0.717) is 6.54 Å². The lowest BCUT2D eigenvalue weighted by Gasteiger charge is -2.11. The number of para-hydroxylation sites is 1. The van der Waals surface area contributed by atoms with Crippen molar-refractivity contribution in [3.63, 3.8) is 0 Å². The standard InChI is InChI=1S/C13H18N2O3S/c1-3-5-10-14-19(17,18)12-9-7-6-8-11(12)15-13(16)4-2/h4,6-9,14H,2-3,5,10H2,1H3,(H,15,16). The lowest BCUT2D eigenvalue weighted by molar-refractivity contribution is -0.111. The number of nitrogens with one attached hydrogen (secondary N) is 2. The molecule has 1 rings (SSSR count). The molecule has 1 aromatic carbocycles. The third kappa shape index (κ3) is 4.50. The van der Waals surface area contributed by atoms with E-state index in [-0.39, 0.29) is 10.6 Å². The highest BCUT2D eigenvalue weighted by Crippen LogP contribution is 2.20. The van der Waals surface area contributed by atoms with Crippen LogP contribution in [0.15, 0.2) is 41.8 Å². The van der Waals surface area contributed by atoms with Crippen molar-refractivity contribution in [1.82, 2.24) is 4.72 Å². The smallest absolute Gasteiger partial charge is 0.247 e. The van der Waals surface area contributed by atoms with Gasteiger partial charge in [-0.05, 0) is 24.6 Å². The molecular weight excluding hydrogens is 264 g/mol. The molecule has 0 radical (unpaired) electrons. The van der Waals surface area contributed by atoms with E-state index >= 15 is 0 Å². The lowest BCUT2D eigenvalue weighted by atomic mass is 10.3. The first kappa shape index (κ1) is 15.4. The van der Waals surface area contributed by atoms with Gasteiger partial charge >= 0.3 is 0 Å². The molecule has 0 aliphatic carbocycles. The molecule has 104 valence electrons. The molecule has 1 amide bonds. The number of benzene rings is 1. The molecule has 0 aliphatic heterocycles. The highest BCUT2D eigenvalue weighted by Gasteiger charge is 2.18. The van der Waals surface area contributed by atoms with Crippen molar-refractivity contribution < 1.29 is 13.2 Å². The van der Waals surface area contributed by atoms with Crippen LogP contribution in [0, 0.1) is 0 Å². The molecule has 2 N–H and O–H groups in total. The second-order valence-electron chi connectivity index (χ2n) is 3.94. The maximum absolute atomic E-state index is 12.1. The molecule has 0 saturated carbocycles. The third-order valence-corrected chi connectivity index (χ3v) is 3.96. The number of unbranched alkanes of at least 4 members (excludes halogenated alkanes) is 1. The van der Waals surface area contributed by atoms with Gasteiger partial charge < -0.3 is 5.32 Å². The molecular formula is C13H18N2O3S. The summed E-state index contributed by atoms with van der Waals surface area (Å²) in [5.41, 5.74) is 0.247. The highest BCUT2D eigenvalue weighted by atomic mass is 32.2. The second-order valence-corrected chi connectivity index (χ2v) is 5.68. The van der Waals surface area contributed by atoms with E-state index in [0.717, 1.165) is 18.9 Å².